The molecule has 0 unspecified atom stereocenters. The summed E-state index contributed by atoms with van der Waals surface area (Å²) >= 11 is 0. The maximum absolute atomic E-state index is 13.1. The number of H-pyrrole nitrogens is 1. The Kier molecular flexibility index (Phi) is 3.60. The lowest BCUT2D eigenvalue weighted by molar-refractivity contribution is -0.134. The molecular formula is C15H16FN3O2. The minimum absolute atomic E-state index is 0.0331. The second kappa shape index (κ2) is 5.55. The van der Waals surface area contributed by atoms with E-state index >= 15 is 0 Å². The highest BCUT2D eigenvalue weighted by Crippen LogP contribution is 2.20. The summed E-state index contributed by atoms with van der Waals surface area (Å²) in [7, 11) is 0. The van der Waals surface area contributed by atoms with E-state index in [2.05, 4.69) is 4.98 Å². The van der Waals surface area contributed by atoms with E-state index in [9.17, 15) is 14.0 Å². The molecule has 1 aliphatic rings. The van der Waals surface area contributed by atoms with E-state index in [-0.39, 0.29) is 18.1 Å². The maximum Gasteiger partial charge on any atom is 0.227 e. The Morgan fingerprint density at radius 1 is 1.29 bits per heavy atom. The highest BCUT2D eigenvalue weighted by molar-refractivity contribution is 5.89. The van der Waals surface area contributed by atoms with Crippen LogP contribution in [0.2, 0.25) is 0 Å². The Hall–Kier alpha value is -2.37. The summed E-state index contributed by atoms with van der Waals surface area (Å²) in [6.45, 7) is 2.28. The summed E-state index contributed by atoms with van der Waals surface area (Å²) in [5.41, 5.74) is 1.57. The number of hydrogen-bond acceptors (Lipinski definition) is 2. The first kappa shape index (κ1) is 13.6. The van der Waals surface area contributed by atoms with Gasteiger partial charge in [-0.05, 0) is 23.8 Å². The van der Waals surface area contributed by atoms with Crippen LogP contribution in [0.15, 0.2) is 24.4 Å². The average Bonchev–Trinajstić information content (AvgIpc) is 2.89. The van der Waals surface area contributed by atoms with Crippen LogP contribution in [0.3, 0.4) is 0 Å². The van der Waals surface area contributed by atoms with Crippen molar-refractivity contribution in [3.63, 3.8) is 0 Å². The number of carbonyl (C=O) groups excluding carboxylic acids is 2. The molecule has 21 heavy (non-hydrogen) atoms. The molecule has 1 fully saturated rings. The molecule has 1 aromatic carbocycles. The van der Waals surface area contributed by atoms with E-state index in [0.717, 1.165) is 17.4 Å². The molecule has 5 nitrogen and oxygen atoms in total. The second-order valence-corrected chi connectivity index (χ2v) is 5.20. The molecule has 2 aromatic rings. The number of nitrogens with one attached hydrogen (secondary N) is 1. The quantitative estimate of drug-likeness (QED) is 0.862. The molecule has 0 saturated carbocycles. The predicted molar refractivity (Wildman–Crippen MR) is 76.2 cm³/mol. The molecule has 2 heterocycles. The first-order chi connectivity index (χ1) is 10.2. The maximum atomic E-state index is 13.1. The first-order valence-corrected chi connectivity index (χ1v) is 6.90. The van der Waals surface area contributed by atoms with Crippen molar-refractivity contribution in [2.45, 2.75) is 6.42 Å². The fraction of sp³-hybridized carbons (Fsp3) is 0.333. The third-order valence-corrected chi connectivity index (χ3v) is 3.89. The van der Waals surface area contributed by atoms with Gasteiger partial charge in [0.25, 0.3) is 0 Å². The number of amides is 2. The number of hydrogen-bond donors (Lipinski definition) is 1. The highest BCUT2D eigenvalue weighted by atomic mass is 19.1. The van der Waals surface area contributed by atoms with Gasteiger partial charge in [0.15, 0.2) is 0 Å². The summed E-state index contributed by atoms with van der Waals surface area (Å²) in [4.78, 5) is 29.4. The van der Waals surface area contributed by atoms with Crippen molar-refractivity contribution in [2.24, 2.45) is 0 Å². The van der Waals surface area contributed by atoms with Crippen molar-refractivity contribution in [3.05, 3.63) is 35.8 Å². The van der Waals surface area contributed by atoms with Crippen molar-refractivity contribution in [1.82, 2.24) is 14.8 Å². The molecule has 0 atom stereocenters. The van der Waals surface area contributed by atoms with E-state index in [4.69, 9.17) is 0 Å². The monoisotopic (exact) mass is 289 g/mol. The van der Waals surface area contributed by atoms with Gasteiger partial charge in [-0.25, -0.2) is 4.39 Å². The van der Waals surface area contributed by atoms with Crippen molar-refractivity contribution in [3.8, 4) is 0 Å². The van der Waals surface area contributed by atoms with Gasteiger partial charge in [-0.3, -0.25) is 9.59 Å². The number of fused-ring (bicyclic) bond motifs is 1. The number of aromatic amines is 1. The lowest BCUT2D eigenvalue weighted by Gasteiger charge is -2.32. The molecule has 1 aliphatic heterocycles. The van der Waals surface area contributed by atoms with Crippen LogP contribution in [0.25, 0.3) is 10.9 Å². The van der Waals surface area contributed by atoms with Gasteiger partial charge >= 0.3 is 0 Å². The second-order valence-electron chi connectivity index (χ2n) is 5.20. The molecule has 110 valence electrons. The number of benzene rings is 1. The summed E-state index contributed by atoms with van der Waals surface area (Å²) in [6, 6.07) is 4.51. The van der Waals surface area contributed by atoms with E-state index < -0.39 is 0 Å². The Morgan fingerprint density at radius 3 is 2.76 bits per heavy atom. The van der Waals surface area contributed by atoms with Gasteiger partial charge in [0, 0.05) is 43.3 Å². The standard InChI is InChI=1S/C15H16FN3O2/c16-12-1-2-13-11(9-17-14(13)8-12)7-15(21)19-5-3-18(10-20)4-6-19/h1-2,8-10,17H,3-7H2. The summed E-state index contributed by atoms with van der Waals surface area (Å²) < 4.78 is 13.1. The molecule has 1 N–H and O–H groups in total. The Morgan fingerprint density at radius 2 is 2.05 bits per heavy atom. The molecule has 2 amide bonds. The normalized spacial score (nSPS) is 15.5. The molecule has 0 radical (unpaired) electrons. The zero-order valence-corrected chi connectivity index (χ0v) is 11.5. The topological polar surface area (TPSA) is 56.4 Å². The first-order valence-electron chi connectivity index (χ1n) is 6.90. The molecule has 1 aromatic heterocycles. The molecule has 0 bridgehead atoms. The Balaban J connectivity index is 1.70. The minimum atomic E-state index is -0.299. The third kappa shape index (κ3) is 2.74. The van der Waals surface area contributed by atoms with E-state index in [0.29, 0.717) is 31.7 Å². The van der Waals surface area contributed by atoms with Gasteiger partial charge in [0.2, 0.25) is 12.3 Å². The molecule has 3 rings (SSSR count). The van der Waals surface area contributed by atoms with Crippen molar-refractivity contribution < 1.29 is 14.0 Å². The summed E-state index contributed by atoms with van der Waals surface area (Å²) in [5.74, 6) is -0.266. The fourth-order valence-corrected chi connectivity index (χ4v) is 2.66. The Labute approximate surface area is 121 Å². The smallest absolute Gasteiger partial charge is 0.227 e. The molecule has 1 saturated heterocycles. The van der Waals surface area contributed by atoms with Crippen LogP contribution in [-0.4, -0.2) is 53.3 Å². The van der Waals surface area contributed by atoms with Crippen LogP contribution in [0.1, 0.15) is 5.56 Å². The molecular weight excluding hydrogens is 273 g/mol. The third-order valence-electron chi connectivity index (χ3n) is 3.89. The summed E-state index contributed by atoms with van der Waals surface area (Å²) in [5, 5.41) is 0.872. The molecule has 0 aliphatic carbocycles. The van der Waals surface area contributed by atoms with Crippen LogP contribution >= 0.6 is 0 Å². The highest BCUT2D eigenvalue weighted by Gasteiger charge is 2.21. The fourth-order valence-electron chi connectivity index (χ4n) is 2.66. The molecule has 0 spiro atoms. The Bertz CT molecular complexity index is 675. The van der Waals surface area contributed by atoms with Gasteiger partial charge in [-0.2, -0.15) is 0 Å². The summed E-state index contributed by atoms with van der Waals surface area (Å²) in [6.07, 6.45) is 2.85. The van der Waals surface area contributed by atoms with E-state index in [1.54, 1.807) is 22.1 Å². The van der Waals surface area contributed by atoms with E-state index in [1.807, 2.05) is 0 Å². The van der Waals surface area contributed by atoms with Crippen LogP contribution in [0.5, 0.6) is 0 Å². The molecule has 6 heteroatoms. The number of aromatic nitrogens is 1. The van der Waals surface area contributed by atoms with Gasteiger partial charge in [-0.15, -0.1) is 0 Å². The number of nitrogens with zero attached hydrogens (tertiary/aromatic N) is 2. The number of rotatable bonds is 3. The SMILES string of the molecule is O=CN1CCN(C(=O)Cc2c[nH]c3cc(F)ccc23)CC1. The van der Waals surface area contributed by atoms with Crippen molar-refractivity contribution >= 4 is 23.2 Å². The number of carbonyl (C=O) groups is 2. The lowest BCUT2D eigenvalue weighted by Crippen LogP contribution is -2.48. The number of piperazine rings is 1. The van der Waals surface area contributed by atoms with Gasteiger partial charge in [0.1, 0.15) is 5.82 Å². The van der Waals surface area contributed by atoms with Crippen molar-refractivity contribution in [2.75, 3.05) is 26.2 Å². The van der Waals surface area contributed by atoms with Crippen LogP contribution in [0.4, 0.5) is 4.39 Å². The van der Waals surface area contributed by atoms with Crippen molar-refractivity contribution in [1.29, 1.82) is 0 Å². The van der Waals surface area contributed by atoms with Gasteiger partial charge in [0.05, 0.1) is 6.42 Å². The minimum Gasteiger partial charge on any atom is -0.361 e. The predicted octanol–water partition coefficient (Wildman–Crippen LogP) is 1.15. The van der Waals surface area contributed by atoms with Gasteiger partial charge in [-0.1, -0.05) is 0 Å². The lowest BCUT2D eigenvalue weighted by atomic mass is 10.1. The van der Waals surface area contributed by atoms with Gasteiger partial charge < -0.3 is 14.8 Å². The van der Waals surface area contributed by atoms with E-state index in [1.165, 1.54) is 12.1 Å². The zero-order chi connectivity index (χ0) is 14.8. The van der Waals surface area contributed by atoms with Crippen LogP contribution in [-0.2, 0) is 16.0 Å². The van der Waals surface area contributed by atoms with Crippen LogP contribution in [0, 0.1) is 5.82 Å². The largest absolute Gasteiger partial charge is 0.361 e. The van der Waals surface area contributed by atoms with Crippen LogP contribution < -0.4 is 0 Å². The number of halogens is 1. The zero-order valence-electron chi connectivity index (χ0n) is 11.5. The average molecular weight is 289 g/mol.